The molecule has 1 aromatic rings. The van der Waals surface area contributed by atoms with E-state index in [1.165, 1.54) is 19.5 Å². The van der Waals surface area contributed by atoms with Crippen LogP contribution in [0.3, 0.4) is 0 Å². The van der Waals surface area contributed by atoms with Crippen LogP contribution in [0, 0.1) is 0 Å². The quantitative estimate of drug-likeness (QED) is 0.776. The third kappa shape index (κ3) is 3.99. The predicted molar refractivity (Wildman–Crippen MR) is 62.9 cm³/mol. The van der Waals surface area contributed by atoms with Gasteiger partial charge in [-0.1, -0.05) is 0 Å². The Morgan fingerprint density at radius 3 is 2.53 bits per heavy atom. The molecular weight excluding hydrogens is 222 g/mol. The molecule has 0 aliphatic carbocycles. The molecule has 0 atom stereocenters. The number of carbonyl (C=O) groups is 1. The van der Waals surface area contributed by atoms with Crippen molar-refractivity contribution in [3.8, 4) is 0 Å². The lowest BCUT2D eigenvalue weighted by molar-refractivity contribution is 0.0343. The molecule has 0 radical (unpaired) electrons. The second kappa shape index (κ2) is 5.58. The van der Waals surface area contributed by atoms with Crippen molar-refractivity contribution in [2.75, 3.05) is 26.1 Å². The Balaban J connectivity index is 2.60. The van der Waals surface area contributed by atoms with Gasteiger partial charge in [0.05, 0.1) is 25.1 Å². The number of methoxy groups -OCH3 is 2. The van der Waals surface area contributed by atoms with E-state index in [1.54, 1.807) is 7.11 Å². The van der Waals surface area contributed by atoms with E-state index in [-0.39, 0.29) is 11.3 Å². The van der Waals surface area contributed by atoms with Gasteiger partial charge in [-0.05, 0) is 13.8 Å². The SMILES string of the molecule is COC(=O)c1cnc(NCC(C)(C)OC)cn1. The van der Waals surface area contributed by atoms with Crippen molar-refractivity contribution >= 4 is 11.8 Å². The Bertz CT molecular complexity index is 376. The Morgan fingerprint density at radius 1 is 1.35 bits per heavy atom. The molecule has 0 saturated carbocycles. The number of esters is 1. The number of nitrogens with one attached hydrogen (secondary N) is 1. The van der Waals surface area contributed by atoms with E-state index in [1.807, 2.05) is 13.8 Å². The van der Waals surface area contributed by atoms with Crippen molar-refractivity contribution in [1.82, 2.24) is 9.97 Å². The first-order valence-corrected chi connectivity index (χ1v) is 5.18. The molecule has 0 amide bonds. The molecule has 0 bridgehead atoms. The van der Waals surface area contributed by atoms with E-state index in [4.69, 9.17) is 4.74 Å². The third-order valence-corrected chi connectivity index (χ3v) is 2.29. The molecule has 1 aromatic heterocycles. The number of anilines is 1. The molecular formula is C11H17N3O3. The summed E-state index contributed by atoms with van der Waals surface area (Å²) in [6.45, 7) is 4.50. The Labute approximate surface area is 100 Å². The second-order valence-corrected chi connectivity index (χ2v) is 4.10. The summed E-state index contributed by atoms with van der Waals surface area (Å²) in [5.74, 6) is 0.0871. The third-order valence-electron chi connectivity index (χ3n) is 2.29. The van der Waals surface area contributed by atoms with Crippen LogP contribution in [0.25, 0.3) is 0 Å². The number of ether oxygens (including phenoxy) is 2. The zero-order valence-corrected chi connectivity index (χ0v) is 10.5. The first kappa shape index (κ1) is 13.4. The predicted octanol–water partition coefficient (Wildman–Crippen LogP) is 1.10. The summed E-state index contributed by atoms with van der Waals surface area (Å²) in [6, 6.07) is 0. The van der Waals surface area contributed by atoms with Gasteiger partial charge in [-0.25, -0.2) is 14.8 Å². The summed E-state index contributed by atoms with van der Waals surface area (Å²) in [5.41, 5.74) is -0.105. The highest BCUT2D eigenvalue weighted by Gasteiger charge is 2.16. The first-order valence-electron chi connectivity index (χ1n) is 5.18. The number of hydrogen-bond donors (Lipinski definition) is 1. The van der Waals surface area contributed by atoms with Gasteiger partial charge in [0.25, 0.3) is 0 Å². The van der Waals surface area contributed by atoms with Gasteiger partial charge in [0, 0.05) is 13.7 Å². The summed E-state index contributed by atoms with van der Waals surface area (Å²) in [5, 5.41) is 3.07. The van der Waals surface area contributed by atoms with E-state index in [2.05, 4.69) is 20.0 Å². The molecule has 0 aliphatic heterocycles. The van der Waals surface area contributed by atoms with Gasteiger partial charge >= 0.3 is 5.97 Å². The van der Waals surface area contributed by atoms with Gasteiger partial charge in [-0.15, -0.1) is 0 Å². The van der Waals surface area contributed by atoms with Gasteiger partial charge in [-0.3, -0.25) is 0 Å². The van der Waals surface area contributed by atoms with Crippen LogP contribution in [0.4, 0.5) is 5.82 Å². The van der Waals surface area contributed by atoms with Crippen molar-refractivity contribution < 1.29 is 14.3 Å². The standard InChI is InChI=1S/C11H17N3O3/c1-11(2,17-4)7-14-9-6-12-8(5-13-9)10(15)16-3/h5-6H,7H2,1-4H3,(H,13,14). The Hall–Kier alpha value is -1.69. The maximum absolute atomic E-state index is 11.1. The summed E-state index contributed by atoms with van der Waals surface area (Å²) < 4.78 is 9.78. The number of aromatic nitrogens is 2. The van der Waals surface area contributed by atoms with Gasteiger partial charge in [0.2, 0.25) is 0 Å². The van der Waals surface area contributed by atoms with Crippen molar-refractivity contribution in [2.24, 2.45) is 0 Å². The van der Waals surface area contributed by atoms with Crippen molar-refractivity contribution in [3.63, 3.8) is 0 Å². The van der Waals surface area contributed by atoms with Crippen molar-refractivity contribution in [2.45, 2.75) is 19.4 Å². The number of nitrogens with zero attached hydrogens (tertiary/aromatic N) is 2. The monoisotopic (exact) mass is 239 g/mol. The van der Waals surface area contributed by atoms with Crippen LogP contribution < -0.4 is 5.32 Å². The van der Waals surface area contributed by atoms with Crippen LogP contribution in [-0.4, -0.2) is 42.3 Å². The van der Waals surface area contributed by atoms with Crippen LogP contribution >= 0.6 is 0 Å². The first-order chi connectivity index (χ1) is 7.98. The largest absolute Gasteiger partial charge is 0.464 e. The minimum atomic E-state index is -0.499. The zero-order chi connectivity index (χ0) is 12.9. The van der Waals surface area contributed by atoms with Crippen LogP contribution in [0.1, 0.15) is 24.3 Å². The van der Waals surface area contributed by atoms with Crippen LogP contribution in [-0.2, 0) is 9.47 Å². The Kier molecular flexibility index (Phi) is 4.39. The van der Waals surface area contributed by atoms with Gasteiger partial charge in [0.15, 0.2) is 5.69 Å². The molecule has 17 heavy (non-hydrogen) atoms. The summed E-state index contributed by atoms with van der Waals surface area (Å²) in [7, 11) is 2.95. The van der Waals surface area contributed by atoms with Crippen LogP contribution in [0.5, 0.6) is 0 Å². The van der Waals surface area contributed by atoms with E-state index in [9.17, 15) is 4.79 Å². The molecule has 0 fully saturated rings. The summed E-state index contributed by atoms with van der Waals surface area (Å²) in [6.07, 6.45) is 2.85. The number of hydrogen-bond acceptors (Lipinski definition) is 6. The highest BCUT2D eigenvalue weighted by molar-refractivity contribution is 5.86. The van der Waals surface area contributed by atoms with Crippen LogP contribution in [0.2, 0.25) is 0 Å². The fourth-order valence-electron chi connectivity index (χ4n) is 1.00. The lowest BCUT2D eigenvalue weighted by atomic mass is 10.1. The average Bonchev–Trinajstić information content (AvgIpc) is 2.36. The maximum Gasteiger partial charge on any atom is 0.358 e. The highest BCUT2D eigenvalue weighted by Crippen LogP contribution is 2.09. The molecule has 0 aromatic carbocycles. The summed E-state index contributed by atoms with van der Waals surface area (Å²) >= 11 is 0. The second-order valence-electron chi connectivity index (χ2n) is 4.10. The minimum absolute atomic E-state index is 0.184. The Morgan fingerprint density at radius 2 is 2.06 bits per heavy atom. The molecule has 0 spiro atoms. The maximum atomic E-state index is 11.1. The lowest BCUT2D eigenvalue weighted by Gasteiger charge is -2.23. The van der Waals surface area contributed by atoms with E-state index < -0.39 is 5.97 Å². The topological polar surface area (TPSA) is 73.3 Å². The smallest absolute Gasteiger partial charge is 0.358 e. The molecule has 0 aliphatic rings. The zero-order valence-electron chi connectivity index (χ0n) is 10.5. The molecule has 0 unspecified atom stereocenters. The van der Waals surface area contributed by atoms with Crippen molar-refractivity contribution in [1.29, 1.82) is 0 Å². The van der Waals surface area contributed by atoms with Gasteiger partial charge < -0.3 is 14.8 Å². The summed E-state index contributed by atoms with van der Waals surface area (Å²) in [4.78, 5) is 19.1. The molecule has 94 valence electrons. The lowest BCUT2D eigenvalue weighted by Crippen LogP contribution is -2.32. The fraction of sp³-hybridized carbons (Fsp3) is 0.545. The van der Waals surface area contributed by atoms with Crippen molar-refractivity contribution in [3.05, 3.63) is 18.1 Å². The number of rotatable bonds is 5. The minimum Gasteiger partial charge on any atom is -0.464 e. The fourth-order valence-corrected chi connectivity index (χ4v) is 1.00. The van der Waals surface area contributed by atoms with E-state index in [0.29, 0.717) is 12.4 Å². The molecule has 1 N–H and O–H groups in total. The van der Waals surface area contributed by atoms with Crippen LogP contribution in [0.15, 0.2) is 12.4 Å². The normalized spacial score (nSPS) is 11.1. The molecule has 1 rings (SSSR count). The number of carbonyl (C=O) groups excluding carboxylic acids is 1. The van der Waals surface area contributed by atoms with E-state index >= 15 is 0 Å². The molecule has 1 heterocycles. The highest BCUT2D eigenvalue weighted by atomic mass is 16.5. The van der Waals surface area contributed by atoms with Gasteiger partial charge in [-0.2, -0.15) is 0 Å². The van der Waals surface area contributed by atoms with Gasteiger partial charge in [0.1, 0.15) is 5.82 Å². The van der Waals surface area contributed by atoms with E-state index in [0.717, 1.165) is 0 Å². The molecule has 6 nitrogen and oxygen atoms in total. The average molecular weight is 239 g/mol. The molecule has 0 saturated heterocycles. The molecule has 6 heteroatoms.